The molecule has 0 aliphatic heterocycles. The number of amides is 1. The highest BCUT2D eigenvalue weighted by atomic mass is 16.1. The molecule has 0 atom stereocenters. The lowest BCUT2D eigenvalue weighted by Gasteiger charge is -2.20. The maximum atomic E-state index is 12.1. The first-order valence-electron chi connectivity index (χ1n) is 6.14. The van der Waals surface area contributed by atoms with E-state index in [9.17, 15) is 4.79 Å². The average Bonchev–Trinajstić information content (AvgIpc) is 2.38. The molecular weight excluding hydrogens is 238 g/mol. The zero-order chi connectivity index (χ0) is 13.9. The van der Waals surface area contributed by atoms with E-state index in [0.717, 1.165) is 11.1 Å². The Balaban J connectivity index is 2.28. The topological polar surface area (TPSA) is 54.9 Å². The molecule has 0 spiro atoms. The van der Waals surface area contributed by atoms with Gasteiger partial charge in [-0.2, -0.15) is 0 Å². The molecule has 1 aromatic carbocycles. The van der Waals surface area contributed by atoms with Gasteiger partial charge in [0.25, 0.3) is 5.91 Å². The molecule has 0 saturated carbocycles. The van der Waals surface area contributed by atoms with E-state index in [0.29, 0.717) is 5.56 Å². The number of hydrogen-bond acceptors (Lipinski definition) is 3. The second-order valence-corrected chi connectivity index (χ2v) is 5.41. The molecule has 0 aliphatic rings. The van der Waals surface area contributed by atoms with Gasteiger partial charge in [-0.15, -0.1) is 0 Å². The summed E-state index contributed by atoms with van der Waals surface area (Å²) >= 11 is 0. The summed E-state index contributed by atoms with van der Waals surface area (Å²) in [5.41, 5.74) is 2.22. The number of benzene rings is 1. The van der Waals surface area contributed by atoms with Gasteiger partial charge in [0, 0.05) is 29.1 Å². The van der Waals surface area contributed by atoms with Crippen molar-refractivity contribution < 1.29 is 4.79 Å². The number of carbonyl (C=O) groups is 1. The van der Waals surface area contributed by atoms with Crippen LogP contribution in [0.3, 0.4) is 0 Å². The van der Waals surface area contributed by atoms with Crippen LogP contribution >= 0.6 is 0 Å². The molecule has 2 rings (SSSR count). The molecule has 0 aliphatic carbocycles. The summed E-state index contributed by atoms with van der Waals surface area (Å²) in [6, 6.07) is 7.45. The Bertz CT molecular complexity index is 573. The highest BCUT2D eigenvalue weighted by molar-refractivity contribution is 5.95. The fourth-order valence-electron chi connectivity index (χ4n) is 1.70. The summed E-state index contributed by atoms with van der Waals surface area (Å²) in [4.78, 5) is 20.1. The predicted molar refractivity (Wildman–Crippen MR) is 74.7 cm³/mol. The molecule has 1 N–H and O–H groups in total. The van der Waals surface area contributed by atoms with Crippen molar-refractivity contribution in [2.24, 2.45) is 0 Å². The summed E-state index contributed by atoms with van der Waals surface area (Å²) in [6.07, 6.45) is 4.95. The maximum Gasteiger partial charge on any atom is 0.251 e. The zero-order valence-corrected chi connectivity index (χ0v) is 11.3. The fraction of sp³-hybridized carbons (Fsp3) is 0.267. The smallest absolute Gasteiger partial charge is 0.251 e. The highest BCUT2D eigenvalue weighted by Crippen LogP contribution is 2.18. The molecule has 1 heterocycles. The van der Waals surface area contributed by atoms with Crippen LogP contribution in [0.4, 0.5) is 0 Å². The Labute approximate surface area is 112 Å². The first-order valence-corrected chi connectivity index (χ1v) is 6.14. The molecule has 0 fully saturated rings. The number of rotatable bonds is 2. The van der Waals surface area contributed by atoms with Crippen molar-refractivity contribution in [2.45, 2.75) is 26.3 Å². The van der Waals surface area contributed by atoms with Crippen LogP contribution in [-0.4, -0.2) is 21.4 Å². The minimum atomic E-state index is -0.247. The van der Waals surface area contributed by atoms with E-state index in [1.54, 1.807) is 18.5 Å². The average molecular weight is 255 g/mol. The number of nitrogens with one attached hydrogen (secondary N) is 1. The Morgan fingerprint density at radius 3 is 2.42 bits per heavy atom. The normalized spacial score (nSPS) is 11.1. The quantitative estimate of drug-likeness (QED) is 0.897. The Morgan fingerprint density at radius 2 is 1.79 bits per heavy atom. The van der Waals surface area contributed by atoms with Crippen LogP contribution in [0, 0.1) is 0 Å². The molecular formula is C15H17N3O. The standard InChI is InChI=1S/C15H17N3O/c1-15(2,3)18-14(19)12-6-4-5-11(7-12)13-8-16-10-17-9-13/h4-10H,1-3H3,(H,18,19). The van der Waals surface area contributed by atoms with Crippen molar-refractivity contribution >= 4 is 5.91 Å². The fourth-order valence-corrected chi connectivity index (χ4v) is 1.70. The van der Waals surface area contributed by atoms with E-state index in [1.165, 1.54) is 6.33 Å². The van der Waals surface area contributed by atoms with Crippen molar-refractivity contribution in [1.29, 1.82) is 0 Å². The number of hydrogen-bond donors (Lipinski definition) is 1. The van der Waals surface area contributed by atoms with Crippen LogP contribution in [0.15, 0.2) is 43.0 Å². The van der Waals surface area contributed by atoms with Gasteiger partial charge in [-0.25, -0.2) is 9.97 Å². The molecule has 4 heteroatoms. The van der Waals surface area contributed by atoms with Gasteiger partial charge < -0.3 is 5.32 Å². The van der Waals surface area contributed by atoms with Gasteiger partial charge in [0.05, 0.1) is 0 Å². The molecule has 19 heavy (non-hydrogen) atoms. The third-order valence-corrected chi connectivity index (χ3v) is 2.51. The second-order valence-electron chi connectivity index (χ2n) is 5.41. The molecule has 0 bridgehead atoms. The van der Waals surface area contributed by atoms with E-state index >= 15 is 0 Å². The summed E-state index contributed by atoms with van der Waals surface area (Å²) in [6.45, 7) is 5.87. The van der Waals surface area contributed by atoms with Crippen LogP contribution in [0.2, 0.25) is 0 Å². The Morgan fingerprint density at radius 1 is 1.11 bits per heavy atom. The first kappa shape index (κ1) is 13.2. The predicted octanol–water partition coefficient (Wildman–Crippen LogP) is 2.67. The van der Waals surface area contributed by atoms with Crippen molar-refractivity contribution in [3.05, 3.63) is 48.5 Å². The van der Waals surface area contributed by atoms with Gasteiger partial charge in [0.2, 0.25) is 0 Å². The van der Waals surface area contributed by atoms with Gasteiger partial charge in [-0.3, -0.25) is 4.79 Å². The first-order chi connectivity index (χ1) is 8.96. The number of carbonyl (C=O) groups excluding carboxylic acids is 1. The summed E-state index contributed by atoms with van der Waals surface area (Å²) in [7, 11) is 0. The molecule has 4 nitrogen and oxygen atoms in total. The largest absolute Gasteiger partial charge is 0.347 e. The lowest BCUT2D eigenvalue weighted by Crippen LogP contribution is -2.40. The van der Waals surface area contributed by atoms with Crippen LogP contribution < -0.4 is 5.32 Å². The van der Waals surface area contributed by atoms with Gasteiger partial charge >= 0.3 is 0 Å². The Kier molecular flexibility index (Phi) is 3.60. The minimum Gasteiger partial charge on any atom is -0.347 e. The zero-order valence-electron chi connectivity index (χ0n) is 11.3. The summed E-state index contributed by atoms with van der Waals surface area (Å²) in [5.74, 6) is -0.0776. The van der Waals surface area contributed by atoms with E-state index in [4.69, 9.17) is 0 Å². The van der Waals surface area contributed by atoms with Crippen molar-refractivity contribution in [2.75, 3.05) is 0 Å². The van der Waals surface area contributed by atoms with Gasteiger partial charge in [-0.05, 0) is 38.5 Å². The van der Waals surface area contributed by atoms with Crippen molar-refractivity contribution in [1.82, 2.24) is 15.3 Å². The lowest BCUT2D eigenvalue weighted by molar-refractivity contribution is 0.0919. The number of nitrogens with zero attached hydrogens (tertiary/aromatic N) is 2. The van der Waals surface area contributed by atoms with E-state index in [-0.39, 0.29) is 11.4 Å². The van der Waals surface area contributed by atoms with E-state index in [1.807, 2.05) is 39.0 Å². The molecule has 0 unspecified atom stereocenters. The van der Waals surface area contributed by atoms with Gasteiger partial charge in [-0.1, -0.05) is 12.1 Å². The third-order valence-electron chi connectivity index (χ3n) is 2.51. The van der Waals surface area contributed by atoms with Crippen molar-refractivity contribution in [3.63, 3.8) is 0 Å². The molecule has 1 amide bonds. The minimum absolute atomic E-state index is 0.0776. The highest BCUT2D eigenvalue weighted by Gasteiger charge is 2.15. The van der Waals surface area contributed by atoms with Gasteiger partial charge in [0.1, 0.15) is 6.33 Å². The van der Waals surface area contributed by atoms with E-state index < -0.39 is 0 Å². The maximum absolute atomic E-state index is 12.1. The second kappa shape index (κ2) is 5.18. The van der Waals surface area contributed by atoms with Crippen molar-refractivity contribution in [3.8, 4) is 11.1 Å². The van der Waals surface area contributed by atoms with Crippen LogP contribution in [0.25, 0.3) is 11.1 Å². The summed E-state index contributed by atoms with van der Waals surface area (Å²) in [5, 5.41) is 2.94. The van der Waals surface area contributed by atoms with E-state index in [2.05, 4.69) is 15.3 Å². The summed E-state index contributed by atoms with van der Waals surface area (Å²) < 4.78 is 0. The van der Waals surface area contributed by atoms with Crippen LogP contribution in [0.5, 0.6) is 0 Å². The van der Waals surface area contributed by atoms with Gasteiger partial charge in [0.15, 0.2) is 0 Å². The third kappa shape index (κ3) is 3.61. The molecule has 98 valence electrons. The molecule has 0 radical (unpaired) electrons. The molecule has 0 saturated heterocycles. The Hall–Kier alpha value is -2.23. The number of aromatic nitrogens is 2. The van der Waals surface area contributed by atoms with Crippen LogP contribution in [0.1, 0.15) is 31.1 Å². The monoisotopic (exact) mass is 255 g/mol. The SMILES string of the molecule is CC(C)(C)NC(=O)c1cccc(-c2cncnc2)c1. The molecule has 2 aromatic rings. The molecule has 1 aromatic heterocycles. The lowest BCUT2D eigenvalue weighted by atomic mass is 10.0. The van der Waals surface area contributed by atoms with Crippen LogP contribution in [-0.2, 0) is 0 Å².